The second kappa shape index (κ2) is 6.76. The Morgan fingerprint density at radius 2 is 2.29 bits per heavy atom. The summed E-state index contributed by atoms with van der Waals surface area (Å²) < 4.78 is 5.29. The first-order valence-corrected chi connectivity index (χ1v) is 7.71. The van der Waals surface area contributed by atoms with Gasteiger partial charge >= 0.3 is 0 Å². The van der Waals surface area contributed by atoms with Crippen molar-refractivity contribution in [3.63, 3.8) is 0 Å². The third-order valence-corrected chi connectivity index (χ3v) is 4.28. The second-order valence-corrected chi connectivity index (χ2v) is 5.74. The Hall–Kier alpha value is -1.81. The van der Waals surface area contributed by atoms with Crippen molar-refractivity contribution < 1.29 is 4.74 Å². The lowest BCUT2D eigenvalue weighted by Gasteiger charge is -2.36. The number of nitrogens with zero attached hydrogens (tertiary/aromatic N) is 1. The molecule has 3 rings (SSSR count). The lowest BCUT2D eigenvalue weighted by molar-refractivity contribution is 0.290. The zero-order valence-electron chi connectivity index (χ0n) is 12.5. The number of hydrogen-bond donors (Lipinski definition) is 2. The summed E-state index contributed by atoms with van der Waals surface area (Å²) in [5.74, 6) is 2.73. The van der Waals surface area contributed by atoms with Crippen LogP contribution in [0.1, 0.15) is 36.6 Å². The van der Waals surface area contributed by atoms with Gasteiger partial charge in [-0.3, -0.25) is 0 Å². The normalized spacial score (nSPS) is 21.0. The molecule has 0 spiro atoms. The molecule has 1 heterocycles. The summed E-state index contributed by atoms with van der Waals surface area (Å²) in [7, 11) is 1.73. The van der Waals surface area contributed by atoms with Crippen LogP contribution in [0.25, 0.3) is 0 Å². The summed E-state index contributed by atoms with van der Waals surface area (Å²) in [5.41, 5.74) is 1.41. The van der Waals surface area contributed by atoms with Crippen molar-refractivity contribution in [2.75, 3.05) is 13.7 Å². The van der Waals surface area contributed by atoms with Crippen LogP contribution in [0.15, 0.2) is 36.7 Å². The van der Waals surface area contributed by atoms with E-state index >= 15 is 0 Å². The Bertz CT molecular complexity index is 547. The van der Waals surface area contributed by atoms with Gasteiger partial charge in [0.2, 0.25) is 0 Å². The molecular weight excluding hydrogens is 262 g/mol. The maximum absolute atomic E-state index is 5.29. The molecule has 1 aromatic heterocycles. The number of aromatic amines is 1. The topological polar surface area (TPSA) is 49.9 Å². The quantitative estimate of drug-likeness (QED) is 0.769. The third kappa shape index (κ3) is 3.64. The number of aryl methyl sites for hydroxylation is 1. The first-order chi connectivity index (χ1) is 10.3. The van der Waals surface area contributed by atoms with Crippen molar-refractivity contribution in [3.05, 3.63) is 48.0 Å². The molecule has 112 valence electrons. The van der Waals surface area contributed by atoms with E-state index in [9.17, 15) is 0 Å². The Balaban J connectivity index is 1.35. The molecule has 1 aromatic carbocycles. The van der Waals surface area contributed by atoms with Gasteiger partial charge in [0.1, 0.15) is 11.6 Å². The van der Waals surface area contributed by atoms with Gasteiger partial charge in [0.15, 0.2) is 0 Å². The molecule has 0 unspecified atom stereocenters. The number of benzene rings is 1. The van der Waals surface area contributed by atoms with E-state index in [0.717, 1.165) is 31.0 Å². The Kier molecular flexibility index (Phi) is 4.55. The number of hydrogen-bond acceptors (Lipinski definition) is 3. The number of imidazole rings is 1. The summed E-state index contributed by atoms with van der Waals surface area (Å²) in [6.07, 6.45) is 8.31. The van der Waals surface area contributed by atoms with Crippen molar-refractivity contribution >= 4 is 0 Å². The predicted molar refractivity (Wildman–Crippen MR) is 83.7 cm³/mol. The molecule has 4 nitrogen and oxygen atoms in total. The van der Waals surface area contributed by atoms with E-state index in [4.69, 9.17) is 4.74 Å². The van der Waals surface area contributed by atoms with E-state index in [1.54, 1.807) is 7.11 Å². The third-order valence-electron chi connectivity index (χ3n) is 4.28. The molecule has 2 aromatic rings. The van der Waals surface area contributed by atoms with Gasteiger partial charge < -0.3 is 15.0 Å². The summed E-state index contributed by atoms with van der Waals surface area (Å²) >= 11 is 0. The zero-order chi connectivity index (χ0) is 14.5. The smallest absolute Gasteiger partial charge is 0.119 e. The molecule has 0 atom stereocenters. The lowest BCUT2D eigenvalue weighted by Crippen LogP contribution is -2.40. The minimum Gasteiger partial charge on any atom is -0.497 e. The zero-order valence-corrected chi connectivity index (χ0v) is 12.5. The standard InChI is InChI=1S/C17H23N3O/c1-21-16-5-2-4-13(12-16)14-10-15(11-14)18-7-3-6-17-19-8-9-20-17/h2,4-5,8-9,12,14-15,18H,3,6-7,10-11H2,1H3,(H,19,20). The predicted octanol–water partition coefficient (Wildman–Crippen LogP) is 2.89. The van der Waals surface area contributed by atoms with Crippen LogP contribution in [0.3, 0.4) is 0 Å². The fraction of sp³-hybridized carbons (Fsp3) is 0.471. The fourth-order valence-corrected chi connectivity index (χ4v) is 2.95. The first kappa shape index (κ1) is 14.1. The summed E-state index contributed by atoms with van der Waals surface area (Å²) in [5, 5.41) is 3.64. The van der Waals surface area contributed by atoms with E-state index in [-0.39, 0.29) is 0 Å². The van der Waals surface area contributed by atoms with Gasteiger partial charge in [0, 0.05) is 24.9 Å². The maximum atomic E-state index is 5.29. The van der Waals surface area contributed by atoms with Crippen LogP contribution < -0.4 is 10.1 Å². The van der Waals surface area contributed by atoms with Crippen molar-refractivity contribution in [1.82, 2.24) is 15.3 Å². The van der Waals surface area contributed by atoms with Crippen LogP contribution in [0.4, 0.5) is 0 Å². The van der Waals surface area contributed by atoms with Crippen LogP contribution in [-0.2, 0) is 6.42 Å². The van der Waals surface area contributed by atoms with Crippen LogP contribution in [-0.4, -0.2) is 29.7 Å². The van der Waals surface area contributed by atoms with E-state index in [1.807, 2.05) is 18.5 Å². The SMILES string of the molecule is COc1cccc(C2CC(NCCCc3ncc[nH]3)C2)c1. The Morgan fingerprint density at radius 3 is 3.05 bits per heavy atom. The average Bonchev–Trinajstić information content (AvgIpc) is 2.98. The second-order valence-electron chi connectivity index (χ2n) is 5.74. The maximum Gasteiger partial charge on any atom is 0.119 e. The number of H-pyrrole nitrogens is 1. The minimum atomic E-state index is 0.665. The van der Waals surface area contributed by atoms with Crippen LogP contribution >= 0.6 is 0 Å². The molecule has 21 heavy (non-hydrogen) atoms. The van der Waals surface area contributed by atoms with Gasteiger partial charge in [-0.1, -0.05) is 12.1 Å². The molecule has 1 aliphatic carbocycles. The van der Waals surface area contributed by atoms with Crippen LogP contribution in [0.2, 0.25) is 0 Å². The number of methoxy groups -OCH3 is 1. The van der Waals surface area contributed by atoms with E-state index in [1.165, 1.54) is 18.4 Å². The first-order valence-electron chi connectivity index (χ1n) is 7.71. The van der Waals surface area contributed by atoms with Crippen molar-refractivity contribution in [2.24, 2.45) is 0 Å². The molecule has 0 radical (unpaired) electrons. The van der Waals surface area contributed by atoms with Gasteiger partial charge in [0.25, 0.3) is 0 Å². The number of nitrogens with one attached hydrogen (secondary N) is 2. The van der Waals surface area contributed by atoms with E-state index in [2.05, 4.69) is 33.5 Å². The van der Waals surface area contributed by atoms with Gasteiger partial charge in [-0.25, -0.2) is 4.98 Å². The van der Waals surface area contributed by atoms with E-state index in [0.29, 0.717) is 12.0 Å². The summed E-state index contributed by atoms with van der Waals surface area (Å²) in [4.78, 5) is 7.38. The molecule has 1 fully saturated rings. The van der Waals surface area contributed by atoms with Crippen molar-refractivity contribution in [1.29, 1.82) is 0 Å². The van der Waals surface area contributed by atoms with Gasteiger partial charge in [-0.15, -0.1) is 0 Å². The molecule has 0 saturated heterocycles. The lowest BCUT2D eigenvalue weighted by atomic mass is 9.76. The summed E-state index contributed by atoms with van der Waals surface area (Å²) in [6, 6.07) is 9.13. The molecular formula is C17H23N3O. The van der Waals surface area contributed by atoms with Crippen molar-refractivity contribution in [2.45, 2.75) is 37.6 Å². The number of aromatic nitrogens is 2. The van der Waals surface area contributed by atoms with Crippen molar-refractivity contribution in [3.8, 4) is 5.75 Å². The van der Waals surface area contributed by atoms with Crippen LogP contribution in [0, 0.1) is 0 Å². The average molecular weight is 285 g/mol. The molecule has 2 N–H and O–H groups in total. The Morgan fingerprint density at radius 1 is 1.38 bits per heavy atom. The highest BCUT2D eigenvalue weighted by Gasteiger charge is 2.29. The molecule has 0 amide bonds. The molecule has 1 saturated carbocycles. The Labute approximate surface area is 125 Å². The highest BCUT2D eigenvalue weighted by molar-refractivity contribution is 5.32. The molecule has 1 aliphatic rings. The van der Waals surface area contributed by atoms with Gasteiger partial charge in [0.05, 0.1) is 7.11 Å². The fourth-order valence-electron chi connectivity index (χ4n) is 2.95. The number of ether oxygens (including phenoxy) is 1. The largest absolute Gasteiger partial charge is 0.497 e. The van der Waals surface area contributed by atoms with Gasteiger partial charge in [-0.05, 0) is 49.4 Å². The van der Waals surface area contributed by atoms with Crippen LogP contribution in [0.5, 0.6) is 5.75 Å². The molecule has 4 heteroatoms. The summed E-state index contributed by atoms with van der Waals surface area (Å²) in [6.45, 7) is 1.07. The highest BCUT2D eigenvalue weighted by atomic mass is 16.5. The number of rotatable bonds is 7. The monoisotopic (exact) mass is 285 g/mol. The minimum absolute atomic E-state index is 0.665. The molecule has 0 bridgehead atoms. The highest BCUT2D eigenvalue weighted by Crippen LogP contribution is 2.37. The van der Waals surface area contributed by atoms with Gasteiger partial charge in [-0.2, -0.15) is 0 Å². The molecule has 0 aliphatic heterocycles. The van der Waals surface area contributed by atoms with E-state index < -0.39 is 0 Å².